The quantitative estimate of drug-likeness (QED) is 0.301. The fourth-order valence-corrected chi connectivity index (χ4v) is 7.11. The second-order valence-corrected chi connectivity index (χ2v) is 12.3. The number of nitrogens with zero attached hydrogens (tertiary/aromatic N) is 4. The Morgan fingerprint density at radius 1 is 1.09 bits per heavy atom. The fraction of sp³-hybridized carbons (Fsp3) is 0.389. The van der Waals surface area contributed by atoms with Crippen molar-refractivity contribution in [1.82, 2.24) is 20.0 Å². The van der Waals surface area contributed by atoms with Gasteiger partial charge in [-0.2, -0.15) is 5.10 Å². The van der Waals surface area contributed by atoms with Crippen molar-refractivity contribution in [3.8, 4) is 22.7 Å². The Hall–Kier alpha value is -4.50. The minimum atomic E-state index is -1.08. The summed E-state index contributed by atoms with van der Waals surface area (Å²) in [6, 6.07) is 14.6. The van der Waals surface area contributed by atoms with E-state index in [2.05, 4.69) is 59.8 Å². The number of carboxylic acids is 1. The van der Waals surface area contributed by atoms with E-state index in [0.717, 1.165) is 61.9 Å². The van der Waals surface area contributed by atoms with Crippen molar-refractivity contribution in [3.63, 3.8) is 0 Å². The Morgan fingerprint density at radius 2 is 1.93 bits per heavy atom. The largest absolute Gasteiger partial charge is 0.480 e. The van der Waals surface area contributed by atoms with Gasteiger partial charge in [0, 0.05) is 36.7 Å². The Kier molecular flexibility index (Phi) is 7.87. The highest BCUT2D eigenvalue weighted by molar-refractivity contribution is 5.92. The van der Waals surface area contributed by atoms with Crippen molar-refractivity contribution in [2.75, 3.05) is 20.2 Å². The van der Waals surface area contributed by atoms with E-state index in [0.29, 0.717) is 12.5 Å². The molecule has 2 aromatic carbocycles. The lowest BCUT2D eigenvalue weighted by molar-refractivity contribution is -0.132. The molecule has 9 nitrogen and oxygen atoms in total. The number of carbonyl (C=O) groups is 2. The number of aromatic carboxylic acids is 1. The van der Waals surface area contributed by atoms with Crippen LogP contribution in [0.5, 0.6) is 5.88 Å². The maximum Gasteiger partial charge on any atom is 0.342 e. The first-order chi connectivity index (χ1) is 21.9. The molecule has 4 aliphatic rings. The molecule has 0 radical (unpaired) electrons. The van der Waals surface area contributed by atoms with Crippen LogP contribution in [0.2, 0.25) is 0 Å². The lowest BCUT2D eigenvalue weighted by atomic mass is 9.86. The average Bonchev–Trinajstić information content (AvgIpc) is 3.70. The molecule has 3 unspecified atom stereocenters. The maximum absolute atomic E-state index is 12.5. The Labute approximate surface area is 263 Å². The van der Waals surface area contributed by atoms with E-state index >= 15 is 0 Å². The van der Waals surface area contributed by atoms with Gasteiger partial charge < -0.3 is 14.7 Å². The van der Waals surface area contributed by atoms with Crippen LogP contribution in [0.15, 0.2) is 77.5 Å². The molecule has 3 atom stereocenters. The monoisotopic (exact) mass is 605 g/mol. The van der Waals surface area contributed by atoms with Crippen LogP contribution in [-0.4, -0.2) is 63.7 Å². The molecular formula is C36H39N5O4. The third kappa shape index (κ3) is 5.61. The van der Waals surface area contributed by atoms with Crippen LogP contribution in [0.1, 0.15) is 66.6 Å². The lowest BCUT2D eigenvalue weighted by Crippen LogP contribution is -2.38. The molecule has 1 amide bonds. The molecule has 7 rings (SSSR count). The summed E-state index contributed by atoms with van der Waals surface area (Å²) in [6.07, 6.45) is 13.8. The first kappa shape index (κ1) is 29.2. The highest BCUT2D eigenvalue weighted by Crippen LogP contribution is 2.40. The molecule has 1 aromatic heterocycles. The highest BCUT2D eigenvalue weighted by Gasteiger charge is 2.35. The standard InChI is InChI=1S/C36H39N5O4/c1-3-30-27(22-16-18-40(19-17-22)34(42)24-10-11-24)13-15-32(38-30)39-31-14-12-23-6-5-9-28(33(23)31)25-7-4-8-26(20-25)41-35(45-2)29(21-37-41)36(43)44/h4-9,13,15-16,20-21,24,27,31-32,39H,3,10-12,14,17-19H2,1-2H3,(H,43,44). The lowest BCUT2D eigenvalue weighted by Gasteiger charge is -2.32. The molecule has 232 valence electrons. The van der Waals surface area contributed by atoms with Gasteiger partial charge in [-0.1, -0.05) is 55.0 Å². The molecule has 1 fully saturated rings. The van der Waals surface area contributed by atoms with Gasteiger partial charge in [-0.15, -0.1) is 0 Å². The number of fused-ring (bicyclic) bond motifs is 1. The molecule has 3 aromatic rings. The molecule has 45 heavy (non-hydrogen) atoms. The third-order valence-electron chi connectivity index (χ3n) is 9.56. The van der Waals surface area contributed by atoms with E-state index in [4.69, 9.17) is 9.73 Å². The van der Waals surface area contributed by atoms with E-state index in [1.54, 1.807) is 0 Å². The van der Waals surface area contributed by atoms with Gasteiger partial charge in [0.05, 0.1) is 19.0 Å². The maximum atomic E-state index is 12.5. The van der Waals surface area contributed by atoms with Crippen molar-refractivity contribution < 1.29 is 19.4 Å². The predicted molar refractivity (Wildman–Crippen MR) is 173 cm³/mol. The molecule has 1 saturated carbocycles. The number of methoxy groups -OCH3 is 1. The van der Waals surface area contributed by atoms with Gasteiger partial charge in [0.2, 0.25) is 11.8 Å². The van der Waals surface area contributed by atoms with Gasteiger partial charge in [-0.25, -0.2) is 9.48 Å². The Balaban J connectivity index is 1.11. The van der Waals surface area contributed by atoms with Gasteiger partial charge in [0.15, 0.2) is 0 Å². The van der Waals surface area contributed by atoms with E-state index in [-0.39, 0.29) is 35.5 Å². The van der Waals surface area contributed by atoms with E-state index in [1.807, 2.05) is 23.1 Å². The van der Waals surface area contributed by atoms with Gasteiger partial charge in [-0.3, -0.25) is 15.1 Å². The molecule has 2 N–H and O–H groups in total. The number of aliphatic imine (C=N–C) groups is 1. The van der Waals surface area contributed by atoms with Crippen LogP contribution >= 0.6 is 0 Å². The number of nitrogens with one attached hydrogen (secondary N) is 1. The van der Waals surface area contributed by atoms with Crippen LogP contribution in [0.25, 0.3) is 16.8 Å². The number of carboxylic acid groups (broad SMARTS) is 1. The number of benzene rings is 2. The number of allylic oxidation sites excluding steroid dienone is 1. The van der Waals surface area contributed by atoms with Gasteiger partial charge in [0.25, 0.3) is 0 Å². The molecular weight excluding hydrogens is 566 g/mol. The Bertz CT molecular complexity index is 1730. The number of aryl methyl sites for hydroxylation is 1. The summed E-state index contributed by atoms with van der Waals surface area (Å²) < 4.78 is 6.94. The summed E-state index contributed by atoms with van der Waals surface area (Å²) in [5, 5.41) is 17.7. The zero-order valence-electron chi connectivity index (χ0n) is 25.8. The summed E-state index contributed by atoms with van der Waals surface area (Å²) in [5.41, 5.74) is 8.11. The molecule has 0 saturated heterocycles. The molecule has 2 aliphatic heterocycles. The number of ether oxygens (including phenoxy) is 1. The number of carbonyl (C=O) groups excluding carboxylic acids is 1. The Morgan fingerprint density at radius 3 is 2.67 bits per heavy atom. The van der Waals surface area contributed by atoms with Crippen LogP contribution in [0.4, 0.5) is 0 Å². The summed E-state index contributed by atoms with van der Waals surface area (Å²) in [5.74, 6) is -0.0805. The first-order valence-electron chi connectivity index (χ1n) is 16.0. The molecule has 0 bridgehead atoms. The van der Waals surface area contributed by atoms with Crippen LogP contribution in [0, 0.1) is 11.8 Å². The van der Waals surface area contributed by atoms with Gasteiger partial charge in [-0.05, 0) is 79.0 Å². The molecule has 3 heterocycles. The summed E-state index contributed by atoms with van der Waals surface area (Å²) in [7, 11) is 1.45. The SMILES string of the molecule is CCC1=NC(NC2CCc3cccc(-c4cccc(-n5ncc(C(=O)O)c5OC)c4)c32)C=CC1C1=CCN(C(=O)C2CC2)CC1. The topological polar surface area (TPSA) is 109 Å². The molecule has 9 heteroatoms. The first-order valence-corrected chi connectivity index (χ1v) is 16.0. The van der Waals surface area contributed by atoms with Crippen molar-refractivity contribution in [3.05, 3.63) is 89.2 Å². The average molecular weight is 606 g/mol. The number of hydrogen-bond acceptors (Lipinski definition) is 6. The van der Waals surface area contributed by atoms with E-state index < -0.39 is 5.97 Å². The second-order valence-electron chi connectivity index (χ2n) is 12.3. The zero-order valence-corrected chi connectivity index (χ0v) is 25.8. The fourth-order valence-electron chi connectivity index (χ4n) is 7.11. The zero-order chi connectivity index (χ0) is 31.1. The number of hydrogen-bond donors (Lipinski definition) is 2. The number of aromatic nitrogens is 2. The van der Waals surface area contributed by atoms with E-state index in [9.17, 15) is 14.7 Å². The molecule has 0 spiro atoms. The van der Waals surface area contributed by atoms with Gasteiger partial charge >= 0.3 is 5.97 Å². The predicted octanol–water partition coefficient (Wildman–Crippen LogP) is 5.75. The van der Waals surface area contributed by atoms with Crippen LogP contribution in [0.3, 0.4) is 0 Å². The smallest absolute Gasteiger partial charge is 0.342 e. The summed E-state index contributed by atoms with van der Waals surface area (Å²) in [4.78, 5) is 31.4. The summed E-state index contributed by atoms with van der Waals surface area (Å²) >= 11 is 0. The van der Waals surface area contributed by atoms with E-state index in [1.165, 1.54) is 40.4 Å². The minimum Gasteiger partial charge on any atom is -0.480 e. The summed E-state index contributed by atoms with van der Waals surface area (Å²) in [6.45, 7) is 3.70. The normalized spacial score (nSPS) is 22.5. The van der Waals surface area contributed by atoms with Crippen molar-refractivity contribution >= 4 is 17.6 Å². The molecule has 2 aliphatic carbocycles. The second kappa shape index (κ2) is 12.1. The van der Waals surface area contributed by atoms with Crippen molar-refractivity contribution in [2.45, 2.75) is 57.7 Å². The van der Waals surface area contributed by atoms with Crippen LogP contribution < -0.4 is 10.1 Å². The highest BCUT2D eigenvalue weighted by atomic mass is 16.5. The van der Waals surface area contributed by atoms with Crippen molar-refractivity contribution in [1.29, 1.82) is 0 Å². The van der Waals surface area contributed by atoms with Crippen LogP contribution in [-0.2, 0) is 11.2 Å². The van der Waals surface area contributed by atoms with Crippen molar-refractivity contribution in [2.24, 2.45) is 16.8 Å². The number of rotatable bonds is 9. The van der Waals surface area contributed by atoms with Gasteiger partial charge in [0.1, 0.15) is 11.7 Å². The third-order valence-corrected chi connectivity index (χ3v) is 9.56. The number of dihydropyridines is 1. The number of amides is 1. The minimum absolute atomic E-state index is 0.0213.